The van der Waals surface area contributed by atoms with Gasteiger partial charge in [0.15, 0.2) is 6.23 Å². The number of rotatable bonds is 11. The van der Waals surface area contributed by atoms with E-state index in [-0.39, 0.29) is 36.8 Å². The minimum absolute atomic E-state index is 0.0741. The number of carbonyl (C=O) groups excluding carboxylic acids is 4. The van der Waals surface area contributed by atoms with Crippen molar-refractivity contribution >= 4 is 34.9 Å². The molecule has 346 valence electrons. The highest BCUT2D eigenvalue weighted by Crippen LogP contribution is 2.47. The van der Waals surface area contributed by atoms with Crippen molar-refractivity contribution in [2.24, 2.45) is 11.8 Å². The molecule has 16 nitrogen and oxygen atoms in total. The average Bonchev–Trinajstić information content (AvgIpc) is 4.18. The standard InChI is InChI=1S/C49H56FN9O7/c1-26(2)41(55-48(62)64-5)45(60)57-18-10-13-37(57)43-51-23-34(53-43)29-15-17-36-31(19-29)20-38-33-16-14-30(21-40(33)66-47(59(36)38)28-11-8-7-9-12-28)35-24-52-44(54-35)39-22-32(50)25-58(39)46(61)42(27(3)4)56-49(63)65-6/h7-8,11,14-17,19-21,23-24,26-27,32,37,39,41-42,47H,9-10,12-13,18,22,25H2,1-6H3,(H,51,53)(H,52,54)(H,55,62)(H,56,63)/t32-,37+,39?,41?,42+,47?/m1/s1. The number of imidazole rings is 2. The Morgan fingerprint density at radius 2 is 1.47 bits per heavy atom. The fourth-order valence-corrected chi connectivity index (χ4v) is 9.77. The van der Waals surface area contributed by atoms with E-state index in [2.05, 4.69) is 72.6 Å². The predicted octanol–water partition coefficient (Wildman–Crippen LogP) is 8.29. The van der Waals surface area contributed by atoms with Crippen LogP contribution in [0.25, 0.3) is 44.7 Å². The topological polar surface area (TPSA) is 189 Å². The van der Waals surface area contributed by atoms with Gasteiger partial charge in [0.25, 0.3) is 0 Å². The van der Waals surface area contributed by atoms with Gasteiger partial charge in [0.2, 0.25) is 11.8 Å². The third-order valence-corrected chi connectivity index (χ3v) is 13.2. The number of aromatic amines is 2. The second kappa shape index (κ2) is 18.2. The number of nitrogens with zero attached hydrogens (tertiary/aromatic N) is 5. The maximum atomic E-state index is 15.1. The number of fused-ring (bicyclic) bond motifs is 5. The molecule has 4 N–H and O–H groups in total. The number of H-pyrrole nitrogens is 2. The number of hydrogen-bond acceptors (Lipinski definition) is 9. The number of amides is 4. The summed E-state index contributed by atoms with van der Waals surface area (Å²) in [5.41, 5.74) is 7.34. The summed E-state index contributed by atoms with van der Waals surface area (Å²) in [6, 6.07) is 12.0. The van der Waals surface area contributed by atoms with E-state index >= 15 is 4.39 Å². The van der Waals surface area contributed by atoms with Crippen LogP contribution in [-0.2, 0) is 19.1 Å². The Balaban J connectivity index is 1.00. The second-order valence-corrected chi connectivity index (χ2v) is 18.2. The molecule has 4 amide bonds. The third-order valence-electron chi connectivity index (χ3n) is 13.2. The summed E-state index contributed by atoms with van der Waals surface area (Å²) < 4.78 is 33.8. The van der Waals surface area contributed by atoms with Gasteiger partial charge in [-0.15, -0.1) is 0 Å². The molecule has 2 fully saturated rings. The van der Waals surface area contributed by atoms with Gasteiger partial charge in [0.1, 0.15) is 35.7 Å². The Morgan fingerprint density at radius 1 is 0.833 bits per heavy atom. The van der Waals surface area contributed by atoms with Crippen LogP contribution < -0.4 is 15.4 Å². The normalized spacial score (nSPS) is 21.0. The molecule has 1 aliphatic carbocycles. The van der Waals surface area contributed by atoms with Crippen molar-refractivity contribution in [1.29, 1.82) is 0 Å². The first kappa shape index (κ1) is 44.3. The van der Waals surface area contributed by atoms with Gasteiger partial charge in [-0.25, -0.2) is 23.9 Å². The number of benzene rings is 2. The SMILES string of the molecule is COC(=O)NC(C(=O)N1CCC[C@H]1c1ncc(-c2ccc3c(c2)cc2n3C(C3=CC=CCC3)Oc3cc(-c4cnc(C5C[C@@H](F)CN5C(=O)[C@@H](NC(=O)OC)C(C)C)[nH]4)ccc3-2)[nH]1)C(C)C. The Kier molecular flexibility index (Phi) is 12.2. The molecule has 3 unspecified atom stereocenters. The van der Waals surface area contributed by atoms with Crippen LogP contribution in [0.4, 0.5) is 14.0 Å². The molecular weight excluding hydrogens is 846 g/mol. The second-order valence-electron chi connectivity index (χ2n) is 18.2. The first-order valence-corrected chi connectivity index (χ1v) is 22.7. The van der Waals surface area contributed by atoms with Gasteiger partial charge in [0, 0.05) is 35.0 Å². The lowest BCUT2D eigenvalue weighted by Crippen LogP contribution is -2.51. The number of carbonyl (C=O) groups is 4. The molecule has 6 heterocycles. The van der Waals surface area contributed by atoms with Gasteiger partial charge in [-0.05, 0) is 73.4 Å². The van der Waals surface area contributed by atoms with Gasteiger partial charge in [-0.2, -0.15) is 0 Å². The fourth-order valence-electron chi connectivity index (χ4n) is 9.77. The molecule has 66 heavy (non-hydrogen) atoms. The fraction of sp³-hybridized carbons (Fsp3) is 0.429. The lowest BCUT2D eigenvalue weighted by atomic mass is 10.00. The van der Waals surface area contributed by atoms with Gasteiger partial charge in [-0.1, -0.05) is 58.1 Å². The number of nitrogens with one attached hydrogen (secondary N) is 4. The highest BCUT2D eigenvalue weighted by Gasteiger charge is 2.42. The van der Waals surface area contributed by atoms with Gasteiger partial charge < -0.3 is 49.2 Å². The number of hydrogen-bond donors (Lipinski definition) is 4. The van der Waals surface area contributed by atoms with Gasteiger partial charge in [0.05, 0.1) is 67.8 Å². The zero-order valence-corrected chi connectivity index (χ0v) is 38.0. The largest absolute Gasteiger partial charge is 0.466 e. The minimum Gasteiger partial charge on any atom is -0.466 e. The van der Waals surface area contributed by atoms with Crippen molar-refractivity contribution in [2.75, 3.05) is 27.3 Å². The number of likely N-dealkylation sites (tertiary alicyclic amines) is 2. The van der Waals surface area contributed by atoms with Crippen molar-refractivity contribution in [2.45, 2.75) is 96.4 Å². The minimum atomic E-state index is -1.25. The van der Waals surface area contributed by atoms with Gasteiger partial charge in [-0.3, -0.25) is 9.59 Å². The molecule has 3 aromatic heterocycles. The quantitative estimate of drug-likeness (QED) is 0.101. The van der Waals surface area contributed by atoms with E-state index in [1.54, 1.807) is 11.1 Å². The van der Waals surface area contributed by atoms with Crippen LogP contribution in [0.2, 0.25) is 0 Å². The van der Waals surface area contributed by atoms with E-state index in [9.17, 15) is 19.2 Å². The summed E-state index contributed by atoms with van der Waals surface area (Å²) in [6.45, 7) is 7.88. The summed E-state index contributed by atoms with van der Waals surface area (Å²) in [7, 11) is 2.52. The summed E-state index contributed by atoms with van der Waals surface area (Å²) in [5, 5.41) is 6.34. The zero-order valence-electron chi connectivity index (χ0n) is 38.0. The number of methoxy groups -OCH3 is 2. The average molecular weight is 902 g/mol. The monoisotopic (exact) mass is 901 g/mol. The van der Waals surface area contributed by atoms with Crippen molar-refractivity contribution in [3.05, 3.63) is 90.3 Å². The number of allylic oxidation sites excluding steroid dienone is 3. The lowest BCUT2D eigenvalue weighted by molar-refractivity contribution is -0.136. The molecule has 4 aliphatic rings. The maximum absolute atomic E-state index is 15.1. The van der Waals surface area contributed by atoms with Crippen LogP contribution in [-0.4, -0.2) is 104 Å². The molecule has 0 radical (unpaired) electrons. The summed E-state index contributed by atoms with van der Waals surface area (Å²) in [5.74, 6) is 0.898. The molecule has 2 saturated heterocycles. The van der Waals surface area contributed by atoms with Gasteiger partial charge >= 0.3 is 12.2 Å². The van der Waals surface area contributed by atoms with E-state index in [4.69, 9.17) is 19.2 Å². The van der Waals surface area contributed by atoms with Crippen LogP contribution in [0, 0.1) is 11.8 Å². The van der Waals surface area contributed by atoms with Crippen molar-refractivity contribution < 1.29 is 37.8 Å². The van der Waals surface area contributed by atoms with Crippen LogP contribution in [0.5, 0.6) is 5.75 Å². The highest BCUT2D eigenvalue weighted by atomic mass is 19.1. The number of aromatic nitrogens is 5. The molecule has 17 heteroatoms. The van der Waals surface area contributed by atoms with Crippen molar-refractivity contribution in [3.8, 4) is 39.5 Å². The smallest absolute Gasteiger partial charge is 0.407 e. The number of ether oxygens (including phenoxy) is 3. The summed E-state index contributed by atoms with van der Waals surface area (Å²) in [6.07, 6.45) is 10.2. The summed E-state index contributed by atoms with van der Waals surface area (Å²) in [4.78, 5) is 71.3. The molecule has 2 aromatic carbocycles. The summed E-state index contributed by atoms with van der Waals surface area (Å²) >= 11 is 0. The lowest BCUT2D eigenvalue weighted by Gasteiger charge is -2.32. The number of halogens is 1. The first-order valence-electron chi connectivity index (χ1n) is 22.7. The Hall–Kier alpha value is -6.91. The molecule has 0 bridgehead atoms. The van der Waals surface area contributed by atoms with E-state index in [0.29, 0.717) is 29.6 Å². The van der Waals surface area contributed by atoms with Crippen LogP contribution in [0.15, 0.2) is 78.7 Å². The van der Waals surface area contributed by atoms with Crippen LogP contribution in [0.1, 0.15) is 89.8 Å². The van der Waals surface area contributed by atoms with E-state index < -0.39 is 48.6 Å². The third kappa shape index (κ3) is 8.30. The molecule has 3 aliphatic heterocycles. The first-order chi connectivity index (χ1) is 31.8. The number of alkyl carbamates (subject to hydrolysis) is 2. The van der Waals surface area contributed by atoms with Crippen LogP contribution in [0.3, 0.4) is 0 Å². The Bertz CT molecular complexity index is 2730. The zero-order chi connectivity index (χ0) is 46.4. The van der Waals surface area contributed by atoms with Crippen LogP contribution >= 0.6 is 0 Å². The molecular formula is C49H56FN9O7. The Morgan fingerprint density at radius 3 is 2.11 bits per heavy atom. The molecule has 0 saturated carbocycles. The molecule has 6 atom stereocenters. The predicted molar refractivity (Wildman–Crippen MR) is 245 cm³/mol. The van der Waals surface area contributed by atoms with Crippen molar-refractivity contribution in [1.82, 2.24) is 44.9 Å². The van der Waals surface area contributed by atoms with E-state index in [1.807, 2.05) is 52.1 Å². The highest BCUT2D eigenvalue weighted by molar-refractivity contribution is 5.93. The maximum Gasteiger partial charge on any atom is 0.407 e. The molecule has 5 aromatic rings. The van der Waals surface area contributed by atoms with Crippen molar-refractivity contribution in [3.63, 3.8) is 0 Å². The Labute approximate surface area is 382 Å². The van der Waals surface area contributed by atoms with E-state index in [0.717, 1.165) is 70.2 Å². The molecule has 0 spiro atoms. The molecule has 9 rings (SSSR count). The van der Waals surface area contributed by atoms with E-state index in [1.165, 1.54) is 19.1 Å². The number of alkyl halides is 1.